The van der Waals surface area contributed by atoms with Gasteiger partial charge in [-0.1, -0.05) is 42.5 Å². The minimum Gasteiger partial charge on any atom is -0.742 e. The number of hydrazone groups is 1. The minimum atomic E-state index is -4.67. The third-order valence-electron chi connectivity index (χ3n) is 3.56. The van der Waals surface area contributed by atoms with Crippen LogP contribution in [0.25, 0.3) is 11.1 Å². The molecule has 9 heteroatoms. The van der Waals surface area contributed by atoms with Crippen molar-refractivity contribution in [2.75, 3.05) is 6.61 Å². The number of nitrogens with zero attached hydrogens (tertiary/aromatic N) is 1. The van der Waals surface area contributed by atoms with Crippen LogP contribution in [0.3, 0.4) is 0 Å². The molecule has 0 unspecified atom stereocenters. The molecule has 3 rings (SSSR count). The first kappa shape index (κ1) is 19.3. The molecule has 1 N–H and O–H groups in total. The van der Waals surface area contributed by atoms with Crippen molar-refractivity contribution in [1.29, 1.82) is 0 Å². The van der Waals surface area contributed by atoms with Gasteiger partial charge in [0.05, 0.1) is 6.21 Å². The smallest absolute Gasteiger partial charge is 0.277 e. The van der Waals surface area contributed by atoms with Crippen molar-refractivity contribution in [2.45, 2.75) is 5.09 Å². The van der Waals surface area contributed by atoms with Gasteiger partial charge in [0.25, 0.3) is 5.91 Å². The quantitative estimate of drug-likeness (QED) is 0.370. The van der Waals surface area contributed by atoms with Crippen molar-refractivity contribution in [3.05, 3.63) is 72.5 Å². The first-order valence-corrected chi connectivity index (χ1v) is 9.48. The molecule has 144 valence electrons. The second-order valence-corrected chi connectivity index (χ2v) is 6.89. The van der Waals surface area contributed by atoms with Gasteiger partial charge in [-0.2, -0.15) is 5.10 Å². The summed E-state index contributed by atoms with van der Waals surface area (Å²) < 4.78 is 42.5. The largest absolute Gasteiger partial charge is 0.742 e. The number of benzene rings is 2. The van der Waals surface area contributed by atoms with Crippen LogP contribution in [0.5, 0.6) is 5.75 Å². The Morgan fingerprint density at radius 1 is 1.04 bits per heavy atom. The Balaban J connectivity index is 1.48. The number of rotatable bonds is 7. The monoisotopic (exact) mass is 399 g/mol. The van der Waals surface area contributed by atoms with Crippen LogP contribution < -0.4 is 10.2 Å². The Hall–Kier alpha value is -3.43. The third kappa shape index (κ3) is 5.29. The normalized spacial score (nSPS) is 11.5. The maximum Gasteiger partial charge on any atom is 0.277 e. The first-order chi connectivity index (χ1) is 13.4. The van der Waals surface area contributed by atoms with Crippen molar-refractivity contribution in [1.82, 2.24) is 5.43 Å². The van der Waals surface area contributed by atoms with Gasteiger partial charge >= 0.3 is 0 Å². The molecule has 0 saturated carbocycles. The molecule has 0 atom stereocenters. The highest BCUT2D eigenvalue weighted by Crippen LogP contribution is 2.21. The molecule has 3 aromatic rings. The predicted molar refractivity (Wildman–Crippen MR) is 99.8 cm³/mol. The van der Waals surface area contributed by atoms with E-state index < -0.39 is 21.1 Å². The lowest BCUT2D eigenvalue weighted by Crippen LogP contribution is -2.24. The second-order valence-electron chi connectivity index (χ2n) is 5.58. The molecule has 0 saturated heterocycles. The Morgan fingerprint density at radius 3 is 2.36 bits per heavy atom. The lowest BCUT2D eigenvalue weighted by atomic mass is 10.1. The van der Waals surface area contributed by atoms with Gasteiger partial charge in [0.1, 0.15) is 11.5 Å². The SMILES string of the molecule is O=C(COc1ccc(-c2ccccc2)cc1)N/N=C\c1ccc(S(=O)(=O)[O-])o1. The van der Waals surface area contributed by atoms with Gasteiger partial charge in [-0.3, -0.25) is 4.79 Å². The number of furan rings is 1. The van der Waals surface area contributed by atoms with Gasteiger partial charge < -0.3 is 13.7 Å². The molecule has 1 heterocycles. The molecule has 8 nitrogen and oxygen atoms in total. The maximum absolute atomic E-state index is 11.7. The highest BCUT2D eigenvalue weighted by molar-refractivity contribution is 7.85. The van der Waals surface area contributed by atoms with Crippen molar-refractivity contribution < 1.29 is 26.9 Å². The van der Waals surface area contributed by atoms with E-state index in [4.69, 9.17) is 9.15 Å². The maximum atomic E-state index is 11.7. The number of ether oxygens (including phenoxy) is 1. The van der Waals surface area contributed by atoms with E-state index in [2.05, 4.69) is 10.5 Å². The van der Waals surface area contributed by atoms with Gasteiger partial charge in [-0.25, -0.2) is 13.8 Å². The fraction of sp³-hybridized carbons (Fsp3) is 0.0526. The summed E-state index contributed by atoms with van der Waals surface area (Å²) in [5, 5.41) is 2.89. The number of hydrogen-bond donors (Lipinski definition) is 1. The molecule has 0 radical (unpaired) electrons. The number of nitrogens with one attached hydrogen (secondary N) is 1. The second kappa shape index (κ2) is 8.51. The summed E-state index contributed by atoms with van der Waals surface area (Å²) in [6, 6.07) is 19.4. The topological polar surface area (TPSA) is 121 Å². The lowest BCUT2D eigenvalue weighted by molar-refractivity contribution is -0.123. The molecule has 0 spiro atoms. The standard InChI is InChI=1S/C19H16N2O6S/c22-18(21-20-12-17-10-11-19(27-17)28(23,24)25)13-26-16-8-6-15(7-9-16)14-4-2-1-3-5-14/h1-12H,13H2,(H,21,22)(H,23,24,25)/p-1/b20-12-. The summed E-state index contributed by atoms with van der Waals surface area (Å²) >= 11 is 0. The van der Waals surface area contributed by atoms with E-state index in [1.54, 1.807) is 12.1 Å². The van der Waals surface area contributed by atoms with Crippen LogP contribution in [0.2, 0.25) is 0 Å². The van der Waals surface area contributed by atoms with Crippen LogP contribution in [0.15, 0.2) is 81.3 Å². The number of carbonyl (C=O) groups excluding carboxylic acids is 1. The summed E-state index contributed by atoms with van der Waals surface area (Å²) in [6.45, 7) is -0.264. The molecular weight excluding hydrogens is 384 g/mol. The molecule has 0 aliphatic heterocycles. The van der Waals surface area contributed by atoms with Crippen LogP contribution in [0.4, 0.5) is 0 Å². The lowest BCUT2D eigenvalue weighted by Gasteiger charge is -2.06. The molecular formula is C19H15N2O6S-. The van der Waals surface area contributed by atoms with Gasteiger partial charge in [-0.15, -0.1) is 0 Å². The van der Waals surface area contributed by atoms with Crippen LogP contribution >= 0.6 is 0 Å². The molecule has 28 heavy (non-hydrogen) atoms. The Morgan fingerprint density at radius 2 is 1.71 bits per heavy atom. The van der Waals surface area contributed by atoms with E-state index >= 15 is 0 Å². The average Bonchev–Trinajstić information content (AvgIpc) is 3.17. The van der Waals surface area contributed by atoms with Crippen LogP contribution in [0, 0.1) is 0 Å². The summed E-state index contributed by atoms with van der Waals surface area (Å²) in [4.78, 5) is 11.7. The third-order valence-corrected chi connectivity index (χ3v) is 4.27. The molecule has 0 aliphatic rings. The molecule has 0 bridgehead atoms. The van der Waals surface area contributed by atoms with E-state index in [0.717, 1.165) is 23.4 Å². The fourth-order valence-corrected chi connectivity index (χ4v) is 2.69. The molecule has 0 aliphatic carbocycles. The van der Waals surface area contributed by atoms with Gasteiger partial charge in [0.15, 0.2) is 16.7 Å². The van der Waals surface area contributed by atoms with E-state index in [1.807, 2.05) is 42.5 Å². The fourth-order valence-electron chi connectivity index (χ4n) is 2.26. The highest BCUT2D eigenvalue weighted by Gasteiger charge is 2.07. The summed E-state index contributed by atoms with van der Waals surface area (Å²) in [7, 11) is -4.67. The van der Waals surface area contributed by atoms with E-state index in [9.17, 15) is 17.8 Å². The van der Waals surface area contributed by atoms with Crippen LogP contribution in [-0.2, 0) is 14.9 Å². The summed E-state index contributed by atoms with van der Waals surface area (Å²) in [6.07, 6.45) is 1.07. The van der Waals surface area contributed by atoms with Crippen molar-refractivity contribution in [3.8, 4) is 16.9 Å². The van der Waals surface area contributed by atoms with Crippen LogP contribution in [0.1, 0.15) is 5.76 Å². The minimum absolute atomic E-state index is 0.00661. The van der Waals surface area contributed by atoms with E-state index in [-0.39, 0.29) is 12.4 Å². The molecule has 1 aromatic heterocycles. The van der Waals surface area contributed by atoms with E-state index in [0.29, 0.717) is 5.75 Å². The van der Waals surface area contributed by atoms with Gasteiger partial charge in [0, 0.05) is 0 Å². The molecule has 1 amide bonds. The zero-order chi connectivity index (χ0) is 20.0. The number of amides is 1. The Bertz CT molecular complexity index is 1070. The van der Waals surface area contributed by atoms with Crippen LogP contribution in [-0.4, -0.2) is 31.7 Å². The van der Waals surface area contributed by atoms with E-state index in [1.165, 1.54) is 6.07 Å². The number of hydrogen-bond acceptors (Lipinski definition) is 7. The van der Waals surface area contributed by atoms with Gasteiger partial charge in [-0.05, 0) is 35.4 Å². The summed E-state index contributed by atoms with van der Waals surface area (Å²) in [5.74, 6) is 0.00824. The zero-order valence-electron chi connectivity index (χ0n) is 14.4. The Labute approximate surface area is 161 Å². The van der Waals surface area contributed by atoms with Crippen molar-refractivity contribution in [3.63, 3.8) is 0 Å². The molecule has 2 aromatic carbocycles. The predicted octanol–water partition coefficient (Wildman–Crippen LogP) is 2.38. The van der Waals surface area contributed by atoms with Gasteiger partial charge in [0.2, 0.25) is 5.09 Å². The van der Waals surface area contributed by atoms with Crippen molar-refractivity contribution in [2.24, 2.45) is 5.10 Å². The average molecular weight is 399 g/mol. The number of carbonyl (C=O) groups is 1. The zero-order valence-corrected chi connectivity index (χ0v) is 15.3. The first-order valence-electron chi connectivity index (χ1n) is 8.08. The highest BCUT2D eigenvalue weighted by atomic mass is 32.2. The Kier molecular flexibility index (Phi) is 5.87. The molecule has 0 fully saturated rings. The summed E-state index contributed by atoms with van der Waals surface area (Å²) in [5.41, 5.74) is 4.31. The van der Waals surface area contributed by atoms with Crippen molar-refractivity contribution >= 4 is 22.2 Å².